The summed E-state index contributed by atoms with van der Waals surface area (Å²) >= 11 is 5.26. The monoisotopic (exact) mass is 357 g/mol. The number of ether oxygens (including phenoxy) is 1. The van der Waals surface area contributed by atoms with Gasteiger partial charge in [-0.25, -0.2) is 0 Å². The van der Waals surface area contributed by atoms with Crippen molar-refractivity contribution in [3.05, 3.63) is 32.7 Å². The summed E-state index contributed by atoms with van der Waals surface area (Å²) in [7, 11) is 1.70. The van der Waals surface area contributed by atoms with Crippen LogP contribution in [0.4, 0.5) is 0 Å². The van der Waals surface area contributed by atoms with Crippen LogP contribution in [0.2, 0.25) is 0 Å². The topological polar surface area (TPSA) is 39.1 Å². The number of rotatable bonds is 7. The molecule has 0 bridgehead atoms. The summed E-state index contributed by atoms with van der Waals surface area (Å²) in [4.78, 5) is 1.26. The van der Waals surface area contributed by atoms with Gasteiger partial charge >= 0.3 is 0 Å². The zero-order chi connectivity index (χ0) is 14.5. The summed E-state index contributed by atoms with van der Waals surface area (Å²) in [6.07, 6.45) is 2.85. The third-order valence-electron chi connectivity index (χ3n) is 3.05. The number of halogens is 1. The molecule has 6 heteroatoms. The minimum Gasteiger partial charge on any atom is -0.493 e. The highest BCUT2D eigenvalue weighted by Crippen LogP contribution is 2.34. The molecule has 0 spiro atoms. The molecule has 0 radical (unpaired) electrons. The van der Waals surface area contributed by atoms with Gasteiger partial charge in [0.2, 0.25) is 0 Å². The van der Waals surface area contributed by atoms with Gasteiger partial charge in [0.05, 0.1) is 19.3 Å². The molecule has 1 atom stereocenters. The molecule has 1 unspecified atom stereocenters. The van der Waals surface area contributed by atoms with Crippen LogP contribution in [0.25, 0.3) is 0 Å². The highest BCUT2D eigenvalue weighted by molar-refractivity contribution is 9.10. The van der Waals surface area contributed by atoms with Gasteiger partial charge in [-0.05, 0) is 35.0 Å². The molecule has 0 aliphatic carbocycles. The first-order valence-corrected chi connectivity index (χ1v) is 8.45. The fraction of sp³-hybridized carbons (Fsp3) is 0.500. The first-order chi connectivity index (χ1) is 9.71. The molecule has 0 amide bonds. The van der Waals surface area contributed by atoms with Gasteiger partial charge in [-0.1, -0.05) is 13.8 Å². The third kappa shape index (κ3) is 3.24. The molecule has 2 heterocycles. The molecule has 0 saturated carbocycles. The SMILES string of the molecule is CCCn1ncc(OC)c1C(NCC)c1cc(Br)cs1. The van der Waals surface area contributed by atoms with E-state index in [1.807, 2.05) is 4.68 Å². The van der Waals surface area contributed by atoms with E-state index in [4.69, 9.17) is 4.74 Å². The Morgan fingerprint density at radius 2 is 2.30 bits per heavy atom. The quantitative estimate of drug-likeness (QED) is 0.818. The standard InChI is InChI=1S/C14H20BrN3OS/c1-4-6-18-14(11(19-3)8-17-18)13(16-5-2)12-7-10(15)9-20-12/h7-9,13,16H,4-6H2,1-3H3. The van der Waals surface area contributed by atoms with Crippen LogP contribution in [0.1, 0.15) is 36.9 Å². The fourth-order valence-electron chi connectivity index (χ4n) is 2.23. The van der Waals surface area contributed by atoms with Gasteiger partial charge in [-0.15, -0.1) is 11.3 Å². The first-order valence-electron chi connectivity index (χ1n) is 6.78. The van der Waals surface area contributed by atoms with Gasteiger partial charge in [-0.3, -0.25) is 4.68 Å². The normalized spacial score (nSPS) is 12.6. The molecule has 4 nitrogen and oxygen atoms in total. The van der Waals surface area contributed by atoms with E-state index in [-0.39, 0.29) is 6.04 Å². The lowest BCUT2D eigenvalue weighted by Gasteiger charge is -2.19. The number of nitrogens with one attached hydrogen (secondary N) is 1. The lowest BCUT2D eigenvalue weighted by atomic mass is 10.1. The molecule has 0 saturated heterocycles. The summed E-state index contributed by atoms with van der Waals surface area (Å²) in [5.41, 5.74) is 1.10. The Labute approximate surface area is 132 Å². The van der Waals surface area contributed by atoms with E-state index in [1.165, 1.54) is 4.88 Å². The van der Waals surface area contributed by atoms with Crippen LogP contribution in [0.3, 0.4) is 0 Å². The maximum atomic E-state index is 5.50. The van der Waals surface area contributed by atoms with Crippen LogP contribution in [-0.2, 0) is 6.54 Å². The van der Waals surface area contributed by atoms with Crippen LogP contribution < -0.4 is 10.1 Å². The van der Waals surface area contributed by atoms with E-state index in [0.29, 0.717) is 0 Å². The van der Waals surface area contributed by atoms with Crippen molar-refractivity contribution in [3.63, 3.8) is 0 Å². The van der Waals surface area contributed by atoms with Crippen molar-refractivity contribution in [2.75, 3.05) is 13.7 Å². The lowest BCUT2D eigenvalue weighted by Crippen LogP contribution is -2.24. The molecular weight excluding hydrogens is 338 g/mol. The third-order valence-corrected chi connectivity index (χ3v) is 4.81. The Hall–Kier alpha value is -0.850. The van der Waals surface area contributed by atoms with E-state index < -0.39 is 0 Å². The number of hydrogen-bond acceptors (Lipinski definition) is 4. The van der Waals surface area contributed by atoms with Gasteiger partial charge in [0.25, 0.3) is 0 Å². The average Bonchev–Trinajstić information content (AvgIpc) is 3.03. The number of nitrogens with zero attached hydrogens (tertiary/aromatic N) is 2. The van der Waals surface area contributed by atoms with Crippen molar-refractivity contribution in [2.24, 2.45) is 0 Å². The molecule has 20 heavy (non-hydrogen) atoms. The van der Waals surface area contributed by atoms with Crippen molar-refractivity contribution in [2.45, 2.75) is 32.9 Å². The molecule has 0 aliphatic rings. The van der Waals surface area contributed by atoms with Crippen LogP contribution in [0, 0.1) is 0 Å². The predicted octanol–water partition coefficient (Wildman–Crippen LogP) is 3.82. The Morgan fingerprint density at radius 1 is 1.50 bits per heavy atom. The highest BCUT2D eigenvalue weighted by atomic mass is 79.9. The fourth-order valence-corrected chi connectivity index (χ4v) is 3.75. The van der Waals surface area contributed by atoms with E-state index in [1.54, 1.807) is 24.6 Å². The number of methoxy groups -OCH3 is 1. The number of aromatic nitrogens is 2. The van der Waals surface area contributed by atoms with E-state index in [0.717, 1.165) is 35.4 Å². The molecule has 2 aromatic rings. The van der Waals surface area contributed by atoms with E-state index in [2.05, 4.69) is 51.6 Å². The van der Waals surface area contributed by atoms with Gasteiger partial charge in [0, 0.05) is 21.3 Å². The summed E-state index contributed by atoms with van der Waals surface area (Å²) in [5, 5.41) is 10.1. The number of thiophene rings is 1. The maximum absolute atomic E-state index is 5.50. The minimum absolute atomic E-state index is 0.111. The van der Waals surface area contributed by atoms with Gasteiger partial charge in [0.15, 0.2) is 5.75 Å². The van der Waals surface area contributed by atoms with Crippen molar-refractivity contribution in [3.8, 4) is 5.75 Å². The molecule has 0 aliphatic heterocycles. The smallest absolute Gasteiger partial charge is 0.161 e. The van der Waals surface area contributed by atoms with Crippen molar-refractivity contribution >= 4 is 27.3 Å². The molecule has 0 fully saturated rings. The minimum atomic E-state index is 0.111. The zero-order valence-corrected chi connectivity index (χ0v) is 14.4. The van der Waals surface area contributed by atoms with E-state index in [9.17, 15) is 0 Å². The summed E-state index contributed by atoms with van der Waals surface area (Å²) in [6.45, 7) is 6.05. The predicted molar refractivity (Wildman–Crippen MR) is 86.6 cm³/mol. The maximum Gasteiger partial charge on any atom is 0.161 e. The molecular formula is C14H20BrN3OS. The number of hydrogen-bond donors (Lipinski definition) is 1. The van der Waals surface area contributed by atoms with Gasteiger partial charge < -0.3 is 10.1 Å². The van der Waals surface area contributed by atoms with Crippen LogP contribution in [0.5, 0.6) is 5.75 Å². The molecule has 2 aromatic heterocycles. The van der Waals surface area contributed by atoms with Gasteiger partial charge in [0.1, 0.15) is 5.69 Å². The second kappa shape index (κ2) is 7.24. The molecule has 110 valence electrons. The number of aryl methyl sites for hydroxylation is 1. The highest BCUT2D eigenvalue weighted by Gasteiger charge is 2.24. The average molecular weight is 358 g/mol. The van der Waals surface area contributed by atoms with Crippen LogP contribution in [-0.4, -0.2) is 23.4 Å². The summed E-state index contributed by atoms with van der Waals surface area (Å²) < 4.78 is 8.65. The largest absolute Gasteiger partial charge is 0.493 e. The van der Waals surface area contributed by atoms with Crippen molar-refractivity contribution in [1.82, 2.24) is 15.1 Å². The second-order valence-electron chi connectivity index (χ2n) is 4.48. The van der Waals surface area contributed by atoms with E-state index >= 15 is 0 Å². The van der Waals surface area contributed by atoms with Crippen molar-refractivity contribution in [1.29, 1.82) is 0 Å². The second-order valence-corrected chi connectivity index (χ2v) is 6.34. The summed E-state index contributed by atoms with van der Waals surface area (Å²) in [5.74, 6) is 0.842. The van der Waals surface area contributed by atoms with Gasteiger partial charge in [-0.2, -0.15) is 5.10 Å². The lowest BCUT2D eigenvalue weighted by molar-refractivity contribution is 0.399. The Balaban J connectivity index is 2.44. The zero-order valence-electron chi connectivity index (χ0n) is 12.0. The van der Waals surface area contributed by atoms with Crippen molar-refractivity contribution < 1.29 is 4.74 Å². The Morgan fingerprint density at radius 3 is 2.85 bits per heavy atom. The Bertz CT molecular complexity index is 552. The van der Waals surface area contributed by atoms with Crippen LogP contribution in [0.15, 0.2) is 22.1 Å². The molecule has 0 aromatic carbocycles. The molecule has 2 rings (SSSR count). The summed E-state index contributed by atoms with van der Waals surface area (Å²) in [6, 6.07) is 2.26. The van der Waals surface area contributed by atoms with Crippen LogP contribution >= 0.6 is 27.3 Å². The molecule has 1 N–H and O–H groups in total. The Kier molecular flexibility index (Phi) is 5.63. The first kappa shape index (κ1) is 15.5.